The highest BCUT2D eigenvalue weighted by Gasteiger charge is 2.09. The fourth-order valence-electron chi connectivity index (χ4n) is 1.61. The topological polar surface area (TPSA) is 70.3 Å². The zero-order chi connectivity index (χ0) is 11.8. The largest absolute Gasteiger partial charge is 0.543 e. The molecule has 6 heteroatoms. The van der Waals surface area contributed by atoms with Crippen LogP contribution in [0.15, 0.2) is 35.8 Å². The molecule has 0 bridgehead atoms. The summed E-state index contributed by atoms with van der Waals surface area (Å²) >= 11 is 1.56. The van der Waals surface area contributed by atoms with Crippen molar-refractivity contribution >= 4 is 23.0 Å². The van der Waals surface area contributed by atoms with E-state index >= 15 is 0 Å². The Morgan fingerprint density at radius 3 is 3.00 bits per heavy atom. The van der Waals surface area contributed by atoms with E-state index in [0.717, 1.165) is 10.6 Å². The van der Waals surface area contributed by atoms with Crippen LogP contribution in [0, 0.1) is 0 Å². The second-order valence-electron chi connectivity index (χ2n) is 3.39. The second-order valence-corrected chi connectivity index (χ2v) is 4.34. The predicted octanol–water partition coefficient (Wildman–Crippen LogP) is 0.821. The fourth-order valence-corrected chi connectivity index (χ4v) is 2.34. The number of hydrogen-bond donors (Lipinski definition) is 0. The van der Waals surface area contributed by atoms with Gasteiger partial charge in [-0.15, -0.1) is 11.3 Å². The maximum Gasteiger partial charge on any atom is 0.156 e. The van der Waals surface area contributed by atoms with Crippen molar-refractivity contribution in [3.8, 4) is 10.6 Å². The summed E-state index contributed by atoms with van der Waals surface area (Å²) in [4.78, 5) is 15.8. The zero-order valence-electron chi connectivity index (χ0n) is 8.53. The highest BCUT2D eigenvalue weighted by Crippen LogP contribution is 2.24. The van der Waals surface area contributed by atoms with Gasteiger partial charge in [0.25, 0.3) is 0 Å². The maximum atomic E-state index is 10.8. The van der Waals surface area contributed by atoms with Gasteiger partial charge in [0.1, 0.15) is 5.69 Å². The van der Waals surface area contributed by atoms with E-state index in [2.05, 4.69) is 10.1 Å². The van der Waals surface area contributed by atoms with Crippen molar-refractivity contribution in [2.75, 3.05) is 0 Å². The van der Waals surface area contributed by atoms with Gasteiger partial charge < -0.3 is 9.90 Å². The summed E-state index contributed by atoms with van der Waals surface area (Å²) < 4.78 is 1.51. The number of nitrogens with zero attached hydrogens (tertiary/aromatic N) is 3. The van der Waals surface area contributed by atoms with Gasteiger partial charge in [-0.3, -0.25) is 0 Å². The number of fused-ring (bicyclic) bond motifs is 1. The van der Waals surface area contributed by atoms with Crippen LogP contribution in [0.5, 0.6) is 0 Å². The number of hydrogen-bond acceptors (Lipinski definition) is 5. The molecule has 0 radical (unpaired) electrons. The molecule has 0 unspecified atom stereocenters. The Morgan fingerprint density at radius 2 is 2.29 bits per heavy atom. The van der Waals surface area contributed by atoms with Crippen LogP contribution in [-0.4, -0.2) is 20.6 Å². The van der Waals surface area contributed by atoms with Gasteiger partial charge in [0.2, 0.25) is 0 Å². The number of carboxylic acids is 1. The van der Waals surface area contributed by atoms with E-state index < -0.39 is 5.97 Å². The summed E-state index contributed by atoms with van der Waals surface area (Å²) in [7, 11) is 0. The van der Waals surface area contributed by atoms with Gasteiger partial charge in [-0.2, -0.15) is 5.10 Å². The quantitative estimate of drug-likeness (QED) is 0.669. The lowest BCUT2D eigenvalue weighted by atomic mass is 10.3. The molecule has 0 fully saturated rings. The molecule has 0 N–H and O–H groups in total. The van der Waals surface area contributed by atoms with Gasteiger partial charge in [-0.1, -0.05) is 6.07 Å². The molecule has 0 aromatic carbocycles. The molecule has 0 aliphatic heterocycles. The fraction of sp³-hybridized carbons (Fsp3) is 0. The van der Waals surface area contributed by atoms with Crippen LogP contribution in [0.1, 0.15) is 10.5 Å². The van der Waals surface area contributed by atoms with Crippen molar-refractivity contribution < 1.29 is 9.90 Å². The van der Waals surface area contributed by atoms with Crippen molar-refractivity contribution in [3.63, 3.8) is 0 Å². The van der Waals surface area contributed by atoms with E-state index in [0.29, 0.717) is 5.65 Å². The molecule has 3 aromatic heterocycles. The van der Waals surface area contributed by atoms with E-state index in [-0.39, 0.29) is 5.69 Å². The van der Waals surface area contributed by atoms with Gasteiger partial charge >= 0.3 is 0 Å². The van der Waals surface area contributed by atoms with Gasteiger partial charge in [-0.05, 0) is 17.5 Å². The van der Waals surface area contributed by atoms with Crippen LogP contribution in [-0.2, 0) is 0 Å². The summed E-state index contributed by atoms with van der Waals surface area (Å²) in [6, 6.07) is 7.06. The predicted molar refractivity (Wildman–Crippen MR) is 60.6 cm³/mol. The summed E-state index contributed by atoms with van der Waals surface area (Å²) in [5, 5.41) is 16.7. The molecule has 0 amide bonds. The Balaban J connectivity index is 2.29. The molecule has 84 valence electrons. The number of aromatic carboxylic acids is 1. The molecule has 0 aliphatic carbocycles. The molecule has 0 aliphatic rings. The van der Waals surface area contributed by atoms with Crippen LogP contribution >= 0.6 is 11.3 Å². The second kappa shape index (κ2) is 3.67. The first-order chi connectivity index (χ1) is 8.25. The third kappa shape index (κ3) is 1.58. The first kappa shape index (κ1) is 9.98. The maximum absolute atomic E-state index is 10.8. The number of carboxylic acid groups (broad SMARTS) is 1. The molecular weight excluding hydrogens is 238 g/mol. The highest BCUT2D eigenvalue weighted by atomic mass is 32.1. The number of carbonyl (C=O) groups excluding carboxylic acids is 1. The van der Waals surface area contributed by atoms with Crippen molar-refractivity contribution in [1.29, 1.82) is 0 Å². The molecule has 0 saturated heterocycles. The molecule has 5 nitrogen and oxygen atoms in total. The Labute approximate surface area is 100.0 Å². The zero-order valence-corrected chi connectivity index (χ0v) is 9.35. The summed E-state index contributed by atoms with van der Waals surface area (Å²) in [5.41, 5.74) is 1.20. The Kier molecular flexibility index (Phi) is 2.15. The van der Waals surface area contributed by atoms with Crippen LogP contribution in [0.25, 0.3) is 16.2 Å². The van der Waals surface area contributed by atoms with Crippen molar-refractivity contribution in [2.24, 2.45) is 0 Å². The van der Waals surface area contributed by atoms with Crippen LogP contribution < -0.4 is 5.11 Å². The molecule has 17 heavy (non-hydrogen) atoms. The van der Waals surface area contributed by atoms with E-state index in [1.54, 1.807) is 23.6 Å². The van der Waals surface area contributed by atoms with Crippen LogP contribution in [0.2, 0.25) is 0 Å². The highest BCUT2D eigenvalue weighted by molar-refractivity contribution is 7.13. The molecule has 3 heterocycles. The van der Waals surface area contributed by atoms with Crippen LogP contribution in [0.3, 0.4) is 0 Å². The Hall–Kier alpha value is -2.21. The van der Waals surface area contributed by atoms with E-state index in [1.165, 1.54) is 10.6 Å². The number of rotatable bonds is 2. The average Bonchev–Trinajstić information content (AvgIpc) is 2.97. The summed E-state index contributed by atoms with van der Waals surface area (Å²) in [5.74, 6) is -1.30. The smallest absolute Gasteiger partial charge is 0.156 e. The van der Waals surface area contributed by atoms with Gasteiger partial charge in [0, 0.05) is 12.3 Å². The standard InChI is InChI=1S/C11H7N3O2S/c15-11(16)7-6-10-12-4-3-8(14(10)13-7)9-2-1-5-17-9/h1-6H,(H,15,16)/p-1. The molecular formula is C11H6N3O2S-. The molecule has 0 spiro atoms. The summed E-state index contributed by atoms with van der Waals surface area (Å²) in [6.45, 7) is 0. The number of aromatic nitrogens is 3. The Bertz CT molecular complexity index is 688. The SMILES string of the molecule is O=C([O-])c1cc2nccc(-c3cccs3)n2n1. The van der Waals surface area contributed by atoms with Gasteiger partial charge in [0.05, 0.1) is 16.5 Å². The number of thiophene rings is 1. The van der Waals surface area contributed by atoms with Crippen molar-refractivity contribution in [1.82, 2.24) is 14.6 Å². The first-order valence-corrected chi connectivity index (χ1v) is 5.74. The van der Waals surface area contributed by atoms with Crippen LogP contribution in [0.4, 0.5) is 0 Å². The summed E-state index contributed by atoms with van der Waals surface area (Å²) in [6.07, 6.45) is 1.63. The number of carbonyl (C=O) groups is 1. The Morgan fingerprint density at radius 1 is 1.41 bits per heavy atom. The minimum Gasteiger partial charge on any atom is -0.543 e. The molecule has 0 saturated carbocycles. The molecule has 3 aromatic rings. The van der Waals surface area contributed by atoms with E-state index in [1.807, 2.05) is 17.5 Å². The van der Waals surface area contributed by atoms with Gasteiger partial charge in [-0.25, -0.2) is 9.50 Å². The minimum atomic E-state index is -1.30. The van der Waals surface area contributed by atoms with Crippen molar-refractivity contribution in [2.45, 2.75) is 0 Å². The van der Waals surface area contributed by atoms with Crippen molar-refractivity contribution in [3.05, 3.63) is 41.5 Å². The average molecular weight is 244 g/mol. The normalized spacial score (nSPS) is 10.8. The lowest BCUT2D eigenvalue weighted by Crippen LogP contribution is -2.22. The molecule has 0 atom stereocenters. The first-order valence-electron chi connectivity index (χ1n) is 4.86. The monoisotopic (exact) mass is 244 g/mol. The lowest BCUT2D eigenvalue weighted by molar-refractivity contribution is -0.255. The van der Waals surface area contributed by atoms with E-state index in [9.17, 15) is 9.90 Å². The van der Waals surface area contributed by atoms with Gasteiger partial charge in [0.15, 0.2) is 5.65 Å². The lowest BCUT2D eigenvalue weighted by Gasteiger charge is -2.00. The third-order valence-electron chi connectivity index (χ3n) is 2.34. The molecule has 3 rings (SSSR count). The third-order valence-corrected chi connectivity index (χ3v) is 3.23. The minimum absolute atomic E-state index is 0.110. The van der Waals surface area contributed by atoms with E-state index in [4.69, 9.17) is 0 Å².